The van der Waals surface area contributed by atoms with E-state index in [1.54, 1.807) is 34.4 Å². The average molecular weight is 411 g/mol. The van der Waals surface area contributed by atoms with Gasteiger partial charge in [0, 0.05) is 23.2 Å². The number of hydrogen-bond donors (Lipinski definition) is 0. The summed E-state index contributed by atoms with van der Waals surface area (Å²) in [5.41, 5.74) is 3.51. The number of allylic oxidation sites excluding steroid dienone is 1. The molecule has 0 N–H and O–H groups in total. The van der Waals surface area contributed by atoms with Gasteiger partial charge in [-0.05, 0) is 23.9 Å². The van der Waals surface area contributed by atoms with Gasteiger partial charge in [0.25, 0.3) is 0 Å². The Labute approximate surface area is 170 Å². The molecule has 0 amide bonds. The summed E-state index contributed by atoms with van der Waals surface area (Å²) in [6, 6.07) is 12.5. The van der Waals surface area contributed by atoms with E-state index in [9.17, 15) is 0 Å². The van der Waals surface area contributed by atoms with Crippen molar-refractivity contribution in [3.05, 3.63) is 71.1 Å². The van der Waals surface area contributed by atoms with Gasteiger partial charge >= 0.3 is 0 Å². The average Bonchev–Trinajstić information content (AvgIpc) is 3.42. The molecule has 1 aromatic carbocycles. The van der Waals surface area contributed by atoms with E-state index in [-0.39, 0.29) is 0 Å². The van der Waals surface area contributed by atoms with Gasteiger partial charge in [0.1, 0.15) is 5.01 Å². The summed E-state index contributed by atoms with van der Waals surface area (Å²) in [6.45, 7) is 6.68. The summed E-state index contributed by atoms with van der Waals surface area (Å²) >= 11 is 5.02. The second-order valence-corrected chi connectivity index (χ2v) is 8.68. The number of benzene rings is 1. The van der Waals surface area contributed by atoms with Gasteiger partial charge in [-0.2, -0.15) is 0 Å². The molecular formula is C20H18N4S3. The van der Waals surface area contributed by atoms with Crippen LogP contribution in [0.1, 0.15) is 11.3 Å². The lowest BCUT2D eigenvalue weighted by Gasteiger charge is -2.05. The largest absolute Gasteiger partial charge is 0.297 e. The predicted octanol–water partition coefficient (Wildman–Crippen LogP) is 5.92. The highest BCUT2D eigenvalue weighted by atomic mass is 32.2. The minimum atomic E-state index is 0.689. The maximum Gasteiger partial charge on any atom is 0.192 e. The molecule has 136 valence electrons. The van der Waals surface area contributed by atoms with E-state index in [2.05, 4.69) is 69.4 Å². The first-order valence-electron chi connectivity index (χ1n) is 8.47. The molecule has 0 spiro atoms. The van der Waals surface area contributed by atoms with Crippen molar-refractivity contribution >= 4 is 34.4 Å². The quantitative estimate of drug-likeness (QED) is 0.280. The summed E-state index contributed by atoms with van der Waals surface area (Å²) in [5, 5.41) is 14.9. The molecule has 0 saturated carbocycles. The van der Waals surface area contributed by atoms with Gasteiger partial charge in [0.2, 0.25) is 0 Å². The van der Waals surface area contributed by atoms with E-state index < -0.39 is 0 Å². The van der Waals surface area contributed by atoms with Crippen LogP contribution in [0.3, 0.4) is 0 Å². The molecule has 3 aromatic heterocycles. The number of rotatable bonds is 7. The molecule has 0 unspecified atom stereocenters. The number of aromatic nitrogens is 4. The Morgan fingerprint density at radius 1 is 1.15 bits per heavy atom. The molecule has 0 aliphatic heterocycles. The first-order valence-corrected chi connectivity index (χ1v) is 11.2. The van der Waals surface area contributed by atoms with Crippen molar-refractivity contribution in [3.63, 3.8) is 0 Å². The number of thioether (sulfide) groups is 1. The standard InChI is InChI=1S/C20H18N4S3/c1-3-10-24-18(17-9-6-11-25-17)22-23-20(24)27-13-15-12-26-19(21-15)16-8-5-4-7-14(16)2/h3-9,11-12H,1,10,13H2,2H3. The van der Waals surface area contributed by atoms with Crippen molar-refractivity contribution in [2.24, 2.45) is 0 Å². The molecule has 4 rings (SSSR count). The smallest absolute Gasteiger partial charge is 0.192 e. The number of aryl methyl sites for hydroxylation is 1. The molecular weight excluding hydrogens is 392 g/mol. The van der Waals surface area contributed by atoms with E-state index in [1.807, 2.05) is 12.1 Å². The van der Waals surface area contributed by atoms with Gasteiger partial charge < -0.3 is 0 Å². The monoisotopic (exact) mass is 410 g/mol. The zero-order valence-electron chi connectivity index (χ0n) is 14.8. The van der Waals surface area contributed by atoms with E-state index in [0.29, 0.717) is 6.54 Å². The van der Waals surface area contributed by atoms with Gasteiger partial charge in [-0.15, -0.1) is 39.4 Å². The normalized spacial score (nSPS) is 11.0. The SMILES string of the molecule is C=CCn1c(SCc2csc(-c3ccccc3C)n2)nnc1-c1cccs1. The Balaban J connectivity index is 1.53. The highest BCUT2D eigenvalue weighted by Crippen LogP contribution is 2.31. The Morgan fingerprint density at radius 2 is 2.04 bits per heavy atom. The van der Waals surface area contributed by atoms with E-state index >= 15 is 0 Å². The first-order chi connectivity index (χ1) is 13.3. The topological polar surface area (TPSA) is 43.6 Å². The number of hydrogen-bond acceptors (Lipinski definition) is 6. The van der Waals surface area contributed by atoms with Crippen LogP contribution in [0.4, 0.5) is 0 Å². The maximum absolute atomic E-state index is 4.81. The first kappa shape index (κ1) is 18.2. The fraction of sp³-hybridized carbons (Fsp3) is 0.150. The number of nitrogens with zero attached hydrogens (tertiary/aromatic N) is 4. The van der Waals surface area contributed by atoms with E-state index in [0.717, 1.165) is 32.3 Å². The van der Waals surface area contributed by atoms with E-state index in [4.69, 9.17) is 4.98 Å². The van der Waals surface area contributed by atoms with Crippen LogP contribution in [0, 0.1) is 6.92 Å². The van der Waals surface area contributed by atoms with Crippen LogP contribution >= 0.6 is 34.4 Å². The lowest BCUT2D eigenvalue weighted by atomic mass is 10.1. The molecule has 7 heteroatoms. The molecule has 0 saturated heterocycles. The summed E-state index contributed by atoms with van der Waals surface area (Å²) in [7, 11) is 0. The molecule has 4 aromatic rings. The van der Waals surface area contributed by atoms with Crippen molar-refractivity contribution in [2.45, 2.75) is 24.4 Å². The van der Waals surface area contributed by atoms with Gasteiger partial charge in [0.15, 0.2) is 11.0 Å². The van der Waals surface area contributed by atoms with Gasteiger partial charge in [-0.1, -0.05) is 48.2 Å². The van der Waals surface area contributed by atoms with Crippen molar-refractivity contribution in [3.8, 4) is 21.3 Å². The fourth-order valence-electron chi connectivity index (χ4n) is 2.73. The van der Waals surface area contributed by atoms with Gasteiger partial charge in [-0.25, -0.2) is 4.98 Å². The Hall–Kier alpha value is -2.22. The van der Waals surface area contributed by atoms with Crippen LogP contribution in [-0.4, -0.2) is 19.7 Å². The third-order valence-electron chi connectivity index (χ3n) is 4.05. The highest BCUT2D eigenvalue weighted by Gasteiger charge is 2.15. The van der Waals surface area contributed by atoms with Crippen molar-refractivity contribution in [1.29, 1.82) is 0 Å². The third-order valence-corrected chi connectivity index (χ3v) is 6.84. The number of thiazole rings is 1. The van der Waals surface area contributed by atoms with Crippen LogP contribution in [0.2, 0.25) is 0 Å². The van der Waals surface area contributed by atoms with Crippen molar-refractivity contribution < 1.29 is 0 Å². The molecule has 0 atom stereocenters. The lowest BCUT2D eigenvalue weighted by Crippen LogP contribution is -2.00. The molecule has 27 heavy (non-hydrogen) atoms. The third kappa shape index (κ3) is 3.90. The molecule has 0 aliphatic carbocycles. The van der Waals surface area contributed by atoms with Crippen molar-refractivity contribution in [2.75, 3.05) is 0 Å². The Bertz CT molecular complexity index is 1050. The second kappa shape index (κ2) is 8.21. The molecule has 3 heterocycles. The molecule has 0 radical (unpaired) electrons. The molecule has 0 bridgehead atoms. The maximum atomic E-state index is 4.81. The zero-order valence-corrected chi connectivity index (χ0v) is 17.3. The van der Waals surface area contributed by atoms with E-state index in [1.165, 1.54) is 11.1 Å². The fourth-order valence-corrected chi connectivity index (χ4v) is 5.30. The number of thiophene rings is 1. The van der Waals surface area contributed by atoms with Crippen LogP contribution in [0.5, 0.6) is 0 Å². The van der Waals surface area contributed by atoms with Crippen LogP contribution in [0.25, 0.3) is 21.3 Å². The summed E-state index contributed by atoms with van der Waals surface area (Å²) < 4.78 is 2.11. The lowest BCUT2D eigenvalue weighted by molar-refractivity contribution is 0.732. The van der Waals surface area contributed by atoms with Crippen LogP contribution < -0.4 is 0 Å². The Kier molecular flexibility index (Phi) is 5.52. The zero-order chi connectivity index (χ0) is 18.6. The van der Waals surface area contributed by atoms with Crippen LogP contribution in [-0.2, 0) is 12.3 Å². The van der Waals surface area contributed by atoms with Crippen molar-refractivity contribution in [1.82, 2.24) is 19.7 Å². The van der Waals surface area contributed by atoms with Crippen LogP contribution in [0.15, 0.2) is 65.0 Å². The molecule has 0 fully saturated rings. The Morgan fingerprint density at radius 3 is 2.81 bits per heavy atom. The minimum absolute atomic E-state index is 0.689. The molecule has 4 nitrogen and oxygen atoms in total. The summed E-state index contributed by atoms with van der Waals surface area (Å²) in [4.78, 5) is 5.93. The van der Waals surface area contributed by atoms with Gasteiger partial charge in [0.05, 0.1) is 10.6 Å². The molecule has 0 aliphatic rings. The second-order valence-electron chi connectivity index (χ2n) is 5.93. The predicted molar refractivity (Wildman–Crippen MR) is 115 cm³/mol. The van der Waals surface area contributed by atoms with Gasteiger partial charge in [-0.3, -0.25) is 4.57 Å². The highest BCUT2D eigenvalue weighted by molar-refractivity contribution is 7.98. The minimum Gasteiger partial charge on any atom is -0.297 e. The summed E-state index contributed by atoms with van der Waals surface area (Å²) in [5.74, 6) is 1.66. The summed E-state index contributed by atoms with van der Waals surface area (Å²) in [6.07, 6.45) is 1.88.